The van der Waals surface area contributed by atoms with Gasteiger partial charge < -0.3 is 5.32 Å². The number of hydrogen-bond donors (Lipinski definition) is 2. The summed E-state index contributed by atoms with van der Waals surface area (Å²) in [6, 6.07) is 9.23. The van der Waals surface area contributed by atoms with Gasteiger partial charge in [-0.3, -0.25) is 9.55 Å². The Morgan fingerprint density at radius 1 is 1.21 bits per heavy atom. The van der Waals surface area contributed by atoms with Crippen LogP contribution in [0, 0.1) is 0 Å². The van der Waals surface area contributed by atoms with Gasteiger partial charge >= 0.3 is 0 Å². The van der Waals surface area contributed by atoms with E-state index in [9.17, 15) is 8.42 Å². The van der Waals surface area contributed by atoms with E-state index in [0.717, 1.165) is 11.4 Å². The van der Waals surface area contributed by atoms with E-state index in [1.165, 1.54) is 12.2 Å². The number of allylic oxidation sites excluding steroid dienone is 1. The number of fused-ring (bicyclic) bond motifs is 1. The fourth-order valence-corrected chi connectivity index (χ4v) is 2.73. The van der Waals surface area contributed by atoms with Crippen LogP contribution in [0.25, 0.3) is 0 Å². The minimum Gasteiger partial charge on any atom is -0.361 e. The molecule has 19 heavy (non-hydrogen) atoms. The molecule has 0 saturated heterocycles. The zero-order valence-electron chi connectivity index (χ0n) is 9.89. The topological polar surface area (TPSA) is 78.8 Å². The van der Waals surface area contributed by atoms with Crippen molar-refractivity contribution in [1.82, 2.24) is 5.32 Å². The van der Waals surface area contributed by atoms with Crippen LogP contribution in [-0.4, -0.2) is 30.9 Å². The second-order valence-corrected chi connectivity index (χ2v) is 5.83. The van der Waals surface area contributed by atoms with Gasteiger partial charge in [0, 0.05) is 5.56 Å². The highest BCUT2D eigenvalue weighted by atomic mass is 32.2. The lowest BCUT2D eigenvalue weighted by molar-refractivity contribution is 0.491. The minimum atomic E-state index is -4.16. The molecule has 0 aromatic heterocycles. The Morgan fingerprint density at radius 3 is 2.63 bits per heavy atom. The predicted octanol–water partition coefficient (Wildman–Crippen LogP) is 1.12. The van der Waals surface area contributed by atoms with Crippen LogP contribution in [0.2, 0.25) is 0 Å². The van der Waals surface area contributed by atoms with Crippen LogP contribution in [0.3, 0.4) is 0 Å². The average molecular weight is 276 g/mol. The molecule has 3 rings (SSSR count). The first-order valence-electron chi connectivity index (χ1n) is 5.81. The molecule has 5 nitrogen and oxygen atoms in total. The highest BCUT2D eigenvalue weighted by Gasteiger charge is 2.30. The van der Waals surface area contributed by atoms with Crippen molar-refractivity contribution in [3.8, 4) is 0 Å². The first kappa shape index (κ1) is 12.1. The summed E-state index contributed by atoms with van der Waals surface area (Å²) in [6.45, 7) is 0. The largest absolute Gasteiger partial charge is 0.361 e. The highest BCUT2D eigenvalue weighted by Crippen LogP contribution is 2.22. The van der Waals surface area contributed by atoms with Gasteiger partial charge in [-0.05, 0) is 12.2 Å². The van der Waals surface area contributed by atoms with Crippen LogP contribution < -0.4 is 5.32 Å². The number of benzene rings is 1. The Balaban J connectivity index is 1.89. The van der Waals surface area contributed by atoms with E-state index in [1.807, 2.05) is 30.3 Å². The molecule has 1 heterocycles. The quantitative estimate of drug-likeness (QED) is 0.793. The molecule has 98 valence electrons. The van der Waals surface area contributed by atoms with Gasteiger partial charge in [0.1, 0.15) is 5.84 Å². The summed E-state index contributed by atoms with van der Waals surface area (Å²) >= 11 is 0. The van der Waals surface area contributed by atoms with Gasteiger partial charge in [-0.25, -0.2) is 0 Å². The lowest BCUT2D eigenvalue weighted by Gasteiger charge is -2.16. The van der Waals surface area contributed by atoms with Crippen molar-refractivity contribution in [3.63, 3.8) is 0 Å². The summed E-state index contributed by atoms with van der Waals surface area (Å²) in [5.41, 5.74) is 0.951. The molecule has 0 bridgehead atoms. The Labute approximate surface area is 111 Å². The lowest BCUT2D eigenvalue weighted by Crippen LogP contribution is -2.34. The Morgan fingerprint density at radius 2 is 1.95 bits per heavy atom. The molecule has 2 aliphatic rings. The molecule has 1 aliphatic carbocycles. The Hall–Kier alpha value is -1.92. The second kappa shape index (κ2) is 4.32. The number of aliphatic imine (C=N–C) groups is 1. The minimum absolute atomic E-state index is 0.0919. The first-order valence-corrected chi connectivity index (χ1v) is 7.25. The molecule has 0 saturated carbocycles. The molecule has 0 amide bonds. The van der Waals surface area contributed by atoms with E-state index in [-0.39, 0.29) is 17.0 Å². The van der Waals surface area contributed by atoms with Gasteiger partial charge in [0.25, 0.3) is 10.1 Å². The number of nitrogens with zero attached hydrogens (tertiary/aromatic N) is 1. The molecule has 2 atom stereocenters. The van der Waals surface area contributed by atoms with Crippen LogP contribution in [0.15, 0.2) is 58.5 Å². The van der Waals surface area contributed by atoms with Gasteiger partial charge in [0.15, 0.2) is 0 Å². The number of amidine groups is 1. The standard InChI is InChI=1S/C13H12N2O3S/c16-19(17,18)10-6-7-11-12(8-10)15-13(14-11)9-4-2-1-3-5-9/h1-8,11-12H,(H,14,15)(H,16,17,18). The van der Waals surface area contributed by atoms with Crippen molar-refractivity contribution < 1.29 is 13.0 Å². The van der Waals surface area contributed by atoms with Gasteiger partial charge in [-0.1, -0.05) is 36.4 Å². The maximum atomic E-state index is 11.1. The first-order chi connectivity index (χ1) is 9.04. The third kappa shape index (κ3) is 2.32. The molecule has 1 aliphatic heterocycles. The van der Waals surface area contributed by atoms with E-state index < -0.39 is 10.1 Å². The van der Waals surface area contributed by atoms with E-state index in [1.54, 1.807) is 6.08 Å². The maximum absolute atomic E-state index is 11.1. The van der Waals surface area contributed by atoms with Crippen LogP contribution in [-0.2, 0) is 10.1 Å². The second-order valence-electron chi connectivity index (χ2n) is 4.41. The van der Waals surface area contributed by atoms with E-state index >= 15 is 0 Å². The molecule has 2 unspecified atom stereocenters. The SMILES string of the molecule is O=S(=O)(O)C1=CC2NC(c3ccccc3)=NC2C=C1. The van der Waals surface area contributed by atoms with Crippen LogP contribution in [0.4, 0.5) is 0 Å². The Kier molecular flexibility index (Phi) is 2.76. The van der Waals surface area contributed by atoms with Crippen LogP contribution in [0.1, 0.15) is 5.56 Å². The lowest BCUT2D eigenvalue weighted by atomic mass is 10.1. The predicted molar refractivity (Wildman–Crippen MR) is 72.5 cm³/mol. The van der Waals surface area contributed by atoms with Crippen molar-refractivity contribution in [1.29, 1.82) is 0 Å². The normalized spacial score (nSPS) is 25.3. The van der Waals surface area contributed by atoms with Crippen LogP contribution >= 0.6 is 0 Å². The fourth-order valence-electron chi connectivity index (χ4n) is 2.16. The third-order valence-corrected chi connectivity index (χ3v) is 3.96. The summed E-state index contributed by atoms with van der Waals surface area (Å²) in [6.07, 6.45) is 4.55. The zero-order chi connectivity index (χ0) is 13.5. The molecule has 1 aromatic rings. The van der Waals surface area contributed by atoms with Crippen LogP contribution in [0.5, 0.6) is 0 Å². The summed E-state index contributed by atoms with van der Waals surface area (Å²) in [7, 11) is -4.16. The van der Waals surface area contributed by atoms with Gasteiger partial charge in [-0.2, -0.15) is 8.42 Å². The third-order valence-electron chi connectivity index (χ3n) is 3.10. The number of nitrogens with one attached hydrogen (secondary N) is 1. The summed E-state index contributed by atoms with van der Waals surface area (Å²) in [5, 5.41) is 3.16. The van der Waals surface area contributed by atoms with Crippen molar-refractivity contribution in [2.24, 2.45) is 4.99 Å². The molecule has 0 radical (unpaired) electrons. The monoisotopic (exact) mass is 276 g/mol. The summed E-state index contributed by atoms with van der Waals surface area (Å²) in [5.74, 6) is 0.730. The summed E-state index contributed by atoms with van der Waals surface area (Å²) < 4.78 is 31.2. The molecule has 0 fully saturated rings. The van der Waals surface area contributed by atoms with E-state index in [0.29, 0.717) is 0 Å². The summed E-state index contributed by atoms with van der Waals surface area (Å²) in [4.78, 5) is 4.40. The van der Waals surface area contributed by atoms with Crippen molar-refractivity contribution in [2.45, 2.75) is 12.1 Å². The molecular formula is C13H12N2O3S. The van der Waals surface area contributed by atoms with Crippen molar-refractivity contribution in [2.75, 3.05) is 0 Å². The number of hydrogen-bond acceptors (Lipinski definition) is 4. The fraction of sp³-hybridized carbons (Fsp3) is 0.154. The molecule has 1 aromatic carbocycles. The molecule has 0 spiro atoms. The Bertz CT molecular complexity index is 690. The van der Waals surface area contributed by atoms with Gasteiger partial charge in [-0.15, -0.1) is 0 Å². The zero-order valence-corrected chi connectivity index (χ0v) is 10.7. The van der Waals surface area contributed by atoms with Crippen molar-refractivity contribution >= 4 is 16.0 Å². The van der Waals surface area contributed by atoms with E-state index in [2.05, 4.69) is 10.3 Å². The maximum Gasteiger partial charge on any atom is 0.294 e. The molecule has 2 N–H and O–H groups in total. The van der Waals surface area contributed by atoms with Crippen molar-refractivity contribution in [3.05, 3.63) is 59.0 Å². The van der Waals surface area contributed by atoms with Gasteiger partial charge in [0.2, 0.25) is 0 Å². The molecule has 6 heteroatoms. The van der Waals surface area contributed by atoms with Gasteiger partial charge in [0.05, 0.1) is 17.0 Å². The molecular weight excluding hydrogens is 264 g/mol. The highest BCUT2D eigenvalue weighted by molar-refractivity contribution is 7.90. The smallest absolute Gasteiger partial charge is 0.294 e. The van der Waals surface area contributed by atoms with E-state index in [4.69, 9.17) is 4.55 Å². The average Bonchev–Trinajstić information content (AvgIpc) is 2.81. The number of rotatable bonds is 2.